The molecule has 2 aromatic rings. The number of benzene rings is 1. The van der Waals surface area contributed by atoms with Gasteiger partial charge in [0, 0.05) is 24.0 Å². The normalized spacial score (nSPS) is 23.3. The van der Waals surface area contributed by atoms with Gasteiger partial charge in [-0.05, 0) is 55.4 Å². The van der Waals surface area contributed by atoms with Crippen molar-refractivity contribution in [1.29, 1.82) is 0 Å². The van der Waals surface area contributed by atoms with Gasteiger partial charge in [0.25, 0.3) is 5.56 Å². The fourth-order valence-electron chi connectivity index (χ4n) is 4.29. The van der Waals surface area contributed by atoms with Crippen LogP contribution in [0.5, 0.6) is 0 Å². The van der Waals surface area contributed by atoms with Crippen LogP contribution in [0.3, 0.4) is 0 Å². The van der Waals surface area contributed by atoms with Gasteiger partial charge in [-0.2, -0.15) is 0 Å². The minimum absolute atomic E-state index is 0.00601. The van der Waals surface area contributed by atoms with Crippen molar-refractivity contribution in [2.24, 2.45) is 5.92 Å². The molecule has 1 saturated carbocycles. The molecule has 0 spiro atoms. The average Bonchev–Trinajstić information content (AvgIpc) is 2.99. The number of aromatic nitrogens is 1. The number of nitrogens with zero attached hydrogens (tertiary/aromatic N) is 1. The van der Waals surface area contributed by atoms with Gasteiger partial charge in [-0.1, -0.05) is 19.8 Å². The molecule has 0 bridgehead atoms. The second-order valence-electron chi connectivity index (χ2n) is 7.54. The van der Waals surface area contributed by atoms with E-state index in [4.69, 9.17) is 0 Å². The first-order valence-electron chi connectivity index (χ1n) is 9.06. The molecule has 1 aliphatic carbocycles. The Morgan fingerprint density at radius 3 is 2.68 bits per heavy atom. The number of rotatable bonds is 3. The quantitative estimate of drug-likeness (QED) is 0.915. The molecule has 1 aromatic carbocycles. The lowest BCUT2D eigenvalue weighted by Crippen LogP contribution is -2.41. The van der Waals surface area contributed by atoms with Gasteiger partial charge in [0.05, 0.1) is 10.4 Å². The molecule has 25 heavy (non-hydrogen) atoms. The minimum Gasteiger partial charge on any atom is -0.308 e. The average molecular weight is 360 g/mol. The highest BCUT2D eigenvalue weighted by atomic mass is 32.2. The summed E-state index contributed by atoms with van der Waals surface area (Å²) in [6.07, 6.45) is 4.93. The van der Waals surface area contributed by atoms with Crippen molar-refractivity contribution in [2.45, 2.75) is 63.4 Å². The first kappa shape index (κ1) is 16.8. The maximum Gasteiger partial charge on any atom is 0.251 e. The summed E-state index contributed by atoms with van der Waals surface area (Å²) in [6.45, 7) is 4.62. The van der Waals surface area contributed by atoms with Gasteiger partial charge in [-0.15, -0.1) is 0 Å². The molecule has 1 aliphatic heterocycles. The molecule has 1 N–H and O–H groups in total. The van der Waals surface area contributed by atoms with E-state index in [9.17, 15) is 13.2 Å². The molecule has 1 fully saturated rings. The number of pyridine rings is 1. The third kappa shape index (κ3) is 2.81. The highest BCUT2D eigenvalue weighted by molar-refractivity contribution is 7.89. The smallest absolute Gasteiger partial charge is 0.251 e. The molecule has 2 heterocycles. The third-order valence-corrected chi connectivity index (χ3v) is 7.27. The molecule has 5 nitrogen and oxygen atoms in total. The summed E-state index contributed by atoms with van der Waals surface area (Å²) in [5.41, 5.74) is 2.68. The zero-order valence-corrected chi connectivity index (χ0v) is 15.5. The van der Waals surface area contributed by atoms with Crippen molar-refractivity contribution in [3.8, 4) is 0 Å². The molecular weight excluding hydrogens is 336 g/mol. The van der Waals surface area contributed by atoms with Gasteiger partial charge < -0.3 is 4.57 Å². The van der Waals surface area contributed by atoms with E-state index in [-0.39, 0.29) is 11.6 Å². The summed E-state index contributed by atoms with van der Waals surface area (Å²) in [7, 11) is -3.56. The van der Waals surface area contributed by atoms with E-state index in [2.05, 4.69) is 11.6 Å². The molecule has 2 aliphatic rings. The largest absolute Gasteiger partial charge is 0.308 e. The van der Waals surface area contributed by atoms with Gasteiger partial charge in [-0.25, -0.2) is 13.1 Å². The summed E-state index contributed by atoms with van der Waals surface area (Å²) in [5.74, 6) is 0.367. The second kappa shape index (κ2) is 5.95. The van der Waals surface area contributed by atoms with E-state index < -0.39 is 10.0 Å². The van der Waals surface area contributed by atoms with Gasteiger partial charge in [0.2, 0.25) is 10.0 Å². The van der Waals surface area contributed by atoms with Crippen LogP contribution in [0.4, 0.5) is 0 Å². The first-order valence-corrected chi connectivity index (χ1v) is 10.5. The fraction of sp³-hybridized carbons (Fsp3) is 0.526. The third-order valence-electron chi connectivity index (χ3n) is 5.80. The Bertz CT molecular complexity index is 1010. The monoisotopic (exact) mass is 360 g/mol. The lowest BCUT2D eigenvalue weighted by atomic mass is 9.87. The Morgan fingerprint density at radius 1 is 1.16 bits per heavy atom. The van der Waals surface area contributed by atoms with Crippen molar-refractivity contribution >= 4 is 20.9 Å². The van der Waals surface area contributed by atoms with Crippen LogP contribution in [0.2, 0.25) is 0 Å². The number of aryl methyl sites for hydroxylation is 3. The van der Waals surface area contributed by atoms with Crippen LogP contribution < -0.4 is 10.3 Å². The zero-order valence-electron chi connectivity index (χ0n) is 14.7. The molecule has 6 heteroatoms. The maximum absolute atomic E-state index is 13.0. The van der Waals surface area contributed by atoms with Crippen molar-refractivity contribution in [3.63, 3.8) is 0 Å². The van der Waals surface area contributed by atoms with Gasteiger partial charge in [0.1, 0.15) is 0 Å². The first-order chi connectivity index (χ1) is 11.9. The second-order valence-corrected chi connectivity index (χ2v) is 9.25. The van der Waals surface area contributed by atoms with Gasteiger partial charge in [0.15, 0.2) is 0 Å². The van der Waals surface area contributed by atoms with Crippen molar-refractivity contribution < 1.29 is 8.42 Å². The van der Waals surface area contributed by atoms with E-state index in [1.54, 1.807) is 22.8 Å². The standard InChI is InChI=1S/C19H24N2O3S/c1-12-5-3-4-6-17(12)20-25(23,24)15-10-14-7-8-21-18(22)9-13(2)16(11-15)19(14)21/h9-12,17,20H,3-8H2,1-2H3. The molecule has 0 amide bonds. The van der Waals surface area contributed by atoms with Crippen LogP contribution in [-0.2, 0) is 23.0 Å². The van der Waals surface area contributed by atoms with Crippen LogP contribution in [0, 0.1) is 12.8 Å². The van der Waals surface area contributed by atoms with Crippen LogP contribution in [0.25, 0.3) is 10.9 Å². The van der Waals surface area contributed by atoms with E-state index >= 15 is 0 Å². The number of hydrogen-bond donors (Lipinski definition) is 1. The Kier molecular flexibility index (Phi) is 4.00. The minimum atomic E-state index is -3.56. The summed E-state index contributed by atoms with van der Waals surface area (Å²) >= 11 is 0. The molecule has 1 aromatic heterocycles. The zero-order chi connectivity index (χ0) is 17.8. The van der Waals surface area contributed by atoms with E-state index in [0.29, 0.717) is 23.8 Å². The molecule has 4 rings (SSSR count). The number of nitrogens with one attached hydrogen (secondary N) is 1. The molecule has 2 unspecified atom stereocenters. The predicted octanol–water partition coefficient (Wildman–Crippen LogP) is 2.72. The lowest BCUT2D eigenvalue weighted by molar-refractivity contribution is 0.310. The molecule has 0 radical (unpaired) electrons. The maximum atomic E-state index is 13.0. The van der Waals surface area contributed by atoms with Crippen LogP contribution in [-0.4, -0.2) is 19.0 Å². The SMILES string of the molecule is Cc1cc(=O)n2c3c(cc(S(=O)(=O)NC4CCCCC4C)cc13)CC2. The summed E-state index contributed by atoms with van der Waals surface area (Å²) in [4.78, 5) is 12.5. The number of hydrogen-bond acceptors (Lipinski definition) is 3. The van der Waals surface area contributed by atoms with Crippen LogP contribution >= 0.6 is 0 Å². The molecule has 0 saturated heterocycles. The Balaban J connectivity index is 1.79. The Hall–Kier alpha value is -1.66. The highest BCUT2D eigenvalue weighted by Gasteiger charge is 2.28. The van der Waals surface area contributed by atoms with Crippen molar-refractivity contribution in [2.75, 3.05) is 0 Å². The molecule has 2 atom stereocenters. The van der Waals surface area contributed by atoms with E-state index in [1.165, 1.54) is 6.42 Å². The topological polar surface area (TPSA) is 68.2 Å². The van der Waals surface area contributed by atoms with E-state index in [0.717, 1.165) is 41.3 Å². The Labute approximate surface area is 148 Å². The summed E-state index contributed by atoms with van der Waals surface area (Å²) in [5, 5.41) is 0.867. The highest BCUT2D eigenvalue weighted by Crippen LogP contribution is 2.31. The summed E-state index contributed by atoms with van der Waals surface area (Å²) in [6, 6.07) is 5.09. The van der Waals surface area contributed by atoms with Crippen molar-refractivity contribution in [3.05, 3.63) is 39.7 Å². The van der Waals surface area contributed by atoms with Crippen LogP contribution in [0.1, 0.15) is 43.7 Å². The summed E-state index contributed by atoms with van der Waals surface area (Å²) < 4.78 is 30.6. The predicted molar refractivity (Wildman–Crippen MR) is 98.4 cm³/mol. The van der Waals surface area contributed by atoms with E-state index in [1.807, 2.05) is 6.92 Å². The molecular formula is C19H24N2O3S. The fourth-order valence-corrected chi connectivity index (χ4v) is 5.75. The number of sulfonamides is 1. The van der Waals surface area contributed by atoms with Gasteiger partial charge >= 0.3 is 0 Å². The van der Waals surface area contributed by atoms with Gasteiger partial charge in [-0.3, -0.25) is 4.79 Å². The van der Waals surface area contributed by atoms with Crippen molar-refractivity contribution in [1.82, 2.24) is 9.29 Å². The Morgan fingerprint density at radius 2 is 1.92 bits per heavy atom. The molecule has 134 valence electrons. The van der Waals surface area contributed by atoms with Crippen LogP contribution in [0.15, 0.2) is 27.9 Å². The lowest BCUT2D eigenvalue weighted by Gasteiger charge is -2.29.